The molecule has 2 aromatic rings. The van der Waals surface area contributed by atoms with E-state index in [1.165, 1.54) is 0 Å². The molecule has 0 bridgehead atoms. The van der Waals surface area contributed by atoms with Gasteiger partial charge in [0.25, 0.3) is 0 Å². The zero-order valence-electron chi connectivity index (χ0n) is 11.5. The molecule has 0 saturated carbocycles. The van der Waals surface area contributed by atoms with Gasteiger partial charge in [0.05, 0.1) is 23.3 Å². The topological polar surface area (TPSA) is 75.5 Å². The van der Waals surface area contributed by atoms with Crippen LogP contribution >= 0.6 is 0 Å². The summed E-state index contributed by atoms with van der Waals surface area (Å²) in [6.07, 6.45) is 0. The number of aromatic nitrogens is 2. The van der Waals surface area contributed by atoms with Crippen LogP contribution in [0.15, 0.2) is 24.3 Å². The third-order valence-corrected chi connectivity index (χ3v) is 2.91. The predicted octanol–water partition coefficient (Wildman–Crippen LogP) is 1.48. The fourth-order valence-electron chi connectivity index (χ4n) is 2.00. The van der Waals surface area contributed by atoms with Crippen molar-refractivity contribution in [1.29, 1.82) is 0 Å². The molecule has 2 rings (SSSR count). The summed E-state index contributed by atoms with van der Waals surface area (Å²) in [6.45, 7) is 2.59. The van der Waals surface area contributed by atoms with E-state index in [1.54, 1.807) is 12.0 Å². The van der Waals surface area contributed by atoms with Gasteiger partial charge < -0.3 is 14.7 Å². The van der Waals surface area contributed by atoms with Crippen LogP contribution in [-0.2, 0) is 9.53 Å². The van der Waals surface area contributed by atoms with E-state index in [9.17, 15) is 4.79 Å². The van der Waals surface area contributed by atoms with Crippen LogP contribution in [-0.4, -0.2) is 47.8 Å². The van der Waals surface area contributed by atoms with E-state index in [0.29, 0.717) is 24.7 Å². The second-order valence-corrected chi connectivity index (χ2v) is 4.43. The number of hydrogen-bond donors (Lipinski definition) is 1. The molecule has 1 N–H and O–H groups in total. The van der Waals surface area contributed by atoms with E-state index < -0.39 is 5.97 Å². The maximum Gasteiger partial charge on any atom is 0.323 e. The number of aryl methyl sites for hydroxylation is 1. The van der Waals surface area contributed by atoms with Crippen molar-refractivity contribution in [2.75, 3.05) is 31.7 Å². The first-order valence-electron chi connectivity index (χ1n) is 6.31. The van der Waals surface area contributed by atoms with Crippen molar-refractivity contribution in [2.24, 2.45) is 0 Å². The summed E-state index contributed by atoms with van der Waals surface area (Å²) in [5, 5.41) is 9.02. The molecule has 0 saturated heterocycles. The molecule has 1 aromatic heterocycles. The standard InChI is InChI=1S/C14H17N3O3/c1-10-14(17(7-8-20-2)9-13(18)19)16-12-6-4-3-5-11(12)15-10/h3-6H,7-9H2,1-2H3,(H,18,19). The molecule has 1 aromatic carbocycles. The average molecular weight is 275 g/mol. The van der Waals surface area contributed by atoms with E-state index in [2.05, 4.69) is 9.97 Å². The zero-order chi connectivity index (χ0) is 14.5. The van der Waals surface area contributed by atoms with Gasteiger partial charge >= 0.3 is 5.97 Å². The predicted molar refractivity (Wildman–Crippen MR) is 76.0 cm³/mol. The number of methoxy groups -OCH3 is 1. The molecule has 0 unspecified atom stereocenters. The summed E-state index contributed by atoms with van der Waals surface area (Å²) in [5.41, 5.74) is 2.26. The molecule has 0 aliphatic carbocycles. The summed E-state index contributed by atoms with van der Waals surface area (Å²) < 4.78 is 5.02. The first-order valence-corrected chi connectivity index (χ1v) is 6.31. The molecule has 6 nitrogen and oxygen atoms in total. The number of nitrogens with zero attached hydrogens (tertiary/aromatic N) is 3. The smallest absolute Gasteiger partial charge is 0.323 e. The lowest BCUT2D eigenvalue weighted by molar-refractivity contribution is -0.135. The van der Waals surface area contributed by atoms with Crippen molar-refractivity contribution in [1.82, 2.24) is 9.97 Å². The van der Waals surface area contributed by atoms with Crippen LogP contribution in [0.3, 0.4) is 0 Å². The van der Waals surface area contributed by atoms with Gasteiger partial charge in [-0.1, -0.05) is 12.1 Å². The molecular formula is C14H17N3O3. The van der Waals surface area contributed by atoms with Gasteiger partial charge in [0, 0.05) is 13.7 Å². The highest BCUT2D eigenvalue weighted by atomic mass is 16.5. The summed E-state index contributed by atoms with van der Waals surface area (Å²) >= 11 is 0. The largest absolute Gasteiger partial charge is 0.480 e. The molecule has 0 radical (unpaired) electrons. The second-order valence-electron chi connectivity index (χ2n) is 4.43. The Morgan fingerprint density at radius 3 is 2.55 bits per heavy atom. The average Bonchev–Trinajstić information content (AvgIpc) is 2.42. The molecule has 0 aliphatic heterocycles. The van der Waals surface area contributed by atoms with Gasteiger partial charge in [-0.05, 0) is 19.1 Å². The zero-order valence-corrected chi connectivity index (χ0v) is 11.5. The highest BCUT2D eigenvalue weighted by molar-refractivity contribution is 5.78. The number of carboxylic acids is 1. The van der Waals surface area contributed by atoms with Crippen LogP contribution in [0.4, 0.5) is 5.82 Å². The van der Waals surface area contributed by atoms with Crippen molar-refractivity contribution in [3.63, 3.8) is 0 Å². The molecule has 0 atom stereocenters. The number of anilines is 1. The fraction of sp³-hybridized carbons (Fsp3) is 0.357. The maximum atomic E-state index is 11.0. The number of rotatable bonds is 6. The Hall–Kier alpha value is -2.21. The Kier molecular flexibility index (Phi) is 4.47. The lowest BCUT2D eigenvalue weighted by Gasteiger charge is -2.22. The third kappa shape index (κ3) is 3.21. The number of fused-ring (bicyclic) bond motifs is 1. The maximum absolute atomic E-state index is 11.0. The normalized spacial score (nSPS) is 10.7. The molecule has 1 heterocycles. The molecule has 20 heavy (non-hydrogen) atoms. The summed E-state index contributed by atoms with van der Waals surface area (Å²) in [5.74, 6) is -0.321. The fourth-order valence-corrected chi connectivity index (χ4v) is 2.00. The number of carbonyl (C=O) groups is 1. The van der Waals surface area contributed by atoms with E-state index in [-0.39, 0.29) is 6.54 Å². The molecular weight excluding hydrogens is 258 g/mol. The summed E-state index contributed by atoms with van der Waals surface area (Å²) in [7, 11) is 1.58. The van der Waals surface area contributed by atoms with Crippen molar-refractivity contribution in [2.45, 2.75) is 6.92 Å². The molecule has 0 aliphatic rings. The van der Waals surface area contributed by atoms with Gasteiger partial charge in [0.1, 0.15) is 6.54 Å². The van der Waals surface area contributed by atoms with E-state index in [0.717, 1.165) is 11.0 Å². The second kappa shape index (κ2) is 6.29. The number of hydrogen-bond acceptors (Lipinski definition) is 5. The van der Waals surface area contributed by atoms with Crippen LogP contribution in [0.25, 0.3) is 11.0 Å². The summed E-state index contributed by atoms with van der Waals surface area (Å²) in [4.78, 5) is 21.7. The first kappa shape index (κ1) is 14.2. The molecule has 106 valence electrons. The quantitative estimate of drug-likeness (QED) is 0.860. The SMILES string of the molecule is COCCN(CC(=O)O)c1nc2ccccc2nc1C. The van der Waals surface area contributed by atoms with Gasteiger partial charge in [-0.25, -0.2) is 9.97 Å². The van der Waals surface area contributed by atoms with Crippen molar-refractivity contribution >= 4 is 22.8 Å². The minimum absolute atomic E-state index is 0.128. The number of benzene rings is 1. The van der Waals surface area contributed by atoms with Gasteiger partial charge in [-0.3, -0.25) is 4.79 Å². The molecule has 0 fully saturated rings. The van der Waals surface area contributed by atoms with Gasteiger partial charge in [-0.2, -0.15) is 0 Å². The van der Waals surface area contributed by atoms with Gasteiger partial charge in [-0.15, -0.1) is 0 Å². The third-order valence-electron chi connectivity index (χ3n) is 2.91. The number of aliphatic carboxylic acids is 1. The molecule has 0 amide bonds. The van der Waals surface area contributed by atoms with Crippen molar-refractivity contribution < 1.29 is 14.6 Å². The number of ether oxygens (including phenoxy) is 1. The van der Waals surface area contributed by atoms with Crippen molar-refractivity contribution in [3.8, 4) is 0 Å². The number of carboxylic acid groups (broad SMARTS) is 1. The monoisotopic (exact) mass is 275 g/mol. The van der Waals surface area contributed by atoms with Gasteiger partial charge in [0.15, 0.2) is 5.82 Å². The van der Waals surface area contributed by atoms with Crippen LogP contribution in [0, 0.1) is 6.92 Å². The van der Waals surface area contributed by atoms with E-state index >= 15 is 0 Å². The lowest BCUT2D eigenvalue weighted by atomic mass is 10.3. The minimum Gasteiger partial charge on any atom is -0.480 e. The Labute approximate surface area is 117 Å². The van der Waals surface area contributed by atoms with Crippen LogP contribution in [0.1, 0.15) is 5.69 Å². The Balaban J connectivity index is 2.40. The lowest BCUT2D eigenvalue weighted by Crippen LogP contribution is -2.34. The highest BCUT2D eigenvalue weighted by Gasteiger charge is 2.16. The van der Waals surface area contributed by atoms with Crippen LogP contribution in [0.5, 0.6) is 0 Å². The first-order chi connectivity index (χ1) is 9.61. The Bertz CT molecular complexity index is 616. The Morgan fingerprint density at radius 1 is 1.30 bits per heavy atom. The van der Waals surface area contributed by atoms with Crippen LogP contribution < -0.4 is 4.90 Å². The highest BCUT2D eigenvalue weighted by Crippen LogP contribution is 2.19. The summed E-state index contributed by atoms with van der Waals surface area (Å²) in [6, 6.07) is 7.53. The van der Waals surface area contributed by atoms with Crippen molar-refractivity contribution in [3.05, 3.63) is 30.0 Å². The molecule has 0 spiro atoms. The van der Waals surface area contributed by atoms with Crippen LogP contribution in [0.2, 0.25) is 0 Å². The van der Waals surface area contributed by atoms with E-state index in [1.807, 2.05) is 31.2 Å². The Morgan fingerprint density at radius 2 is 1.95 bits per heavy atom. The number of para-hydroxylation sites is 2. The van der Waals surface area contributed by atoms with Gasteiger partial charge in [0.2, 0.25) is 0 Å². The van der Waals surface area contributed by atoms with E-state index in [4.69, 9.17) is 9.84 Å². The minimum atomic E-state index is -0.907. The molecule has 6 heteroatoms.